The molecule has 24 heavy (non-hydrogen) atoms. The Morgan fingerprint density at radius 1 is 0.875 bits per heavy atom. The van der Waals surface area contributed by atoms with E-state index in [2.05, 4.69) is 4.74 Å². The van der Waals surface area contributed by atoms with Crippen molar-refractivity contribution in [3.8, 4) is 11.1 Å². The van der Waals surface area contributed by atoms with Crippen molar-refractivity contribution in [3.63, 3.8) is 0 Å². The first-order chi connectivity index (χ1) is 11.3. The zero-order valence-corrected chi connectivity index (χ0v) is 12.1. The summed E-state index contributed by atoms with van der Waals surface area (Å²) >= 11 is 0. The molecule has 0 N–H and O–H groups in total. The van der Waals surface area contributed by atoms with Crippen LogP contribution >= 0.6 is 0 Å². The van der Waals surface area contributed by atoms with Gasteiger partial charge in [-0.15, -0.1) is 0 Å². The van der Waals surface area contributed by atoms with E-state index in [4.69, 9.17) is 4.74 Å². The second-order valence-electron chi connectivity index (χ2n) is 5.60. The number of hydrogen-bond donors (Lipinski definition) is 0. The number of carbonyl (C=O) groups excluding carboxylic acids is 2. The molecule has 4 rings (SSSR count). The summed E-state index contributed by atoms with van der Waals surface area (Å²) in [4.78, 5) is 23.6. The van der Waals surface area contributed by atoms with E-state index in [0.717, 1.165) is 17.2 Å². The van der Waals surface area contributed by atoms with E-state index in [0.29, 0.717) is 24.8 Å². The first-order valence-corrected chi connectivity index (χ1v) is 7.06. The Morgan fingerprint density at radius 2 is 1.58 bits per heavy atom. The van der Waals surface area contributed by atoms with Gasteiger partial charge in [-0.3, -0.25) is 0 Å². The van der Waals surface area contributed by atoms with Crippen LogP contribution in [0, 0.1) is 0 Å². The van der Waals surface area contributed by atoms with Crippen LogP contribution in [0.4, 0.5) is 13.2 Å². The minimum absolute atomic E-state index is 0.0328. The molecule has 0 amide bonds. The molecule has 0 atom stereocenters. The number of halogens is 3. The van der Waals surface area contributed by atoms with Crippen LogP contribution in [-0.4, -0.2) is 11.9 Å². The first-order valence-electron chi connectivity index (χ1n) is 7.06. The maximum atomic E-state index is 13.1. The summed E-state index contributed by atoms with van der Waals surface area (Å²) in [6.45, 7) is 0.796. The quantitative estimate of drug-likeness (QED) is 0.589. The summed E-state index contributed by atoms with van der Waals surface area (Å²) in [5.41, 5.74) is 0.740. The van der Waals surface area contributed by atoms with Crippen molar-refractivity contribution in [2.24, 2.45) is 0 Å². The predicted molar refractivity (Wildman–Crippen MR) is 75.1 cm³/mol. The van der Waals surface area contributed by atoms with Gasteiger partial charge in [0.2, 0.25) is 0 Å². The lowest BCUT2D eigenvalue weighted by atomic mass is 9.92. The van der Waals surface area contributed by atoms with Crippen LogP contribution in [-0.2, 0) is 28.9 Å². The van der Waals surface area contributed by atoms with Crippen LogP contribution in [0.5, 0.6) is 0 Å². The lowest BCUT2D eigenvalue weighted by Gasteiger charge is -2.12. The molecule has 4 nitrogen and oxygen atoms in total. The van der Waals surface area contributed by atoms with Gasteiger partial charge in [0.1, 0.15) is 0 Å². The number of benzene rings is 2. The summed E-state index contributed by atoms with van der Waals surface area (Å²) in [6.07, 6.45) is -4.64. The predicted octanol–water partition coefficient (Wildman–Crippen LogP) is 3.71. The average molecular weight is 334 g/mol. The summed E-state index contributed by atoms with van der Waals surface area (Å²) < 4.78 is 49.2. The lowest BCUT2D eigenvalue weighted by molar-refractivity contribution is -0.137. The average Bonchev–Trinajstić information content (AvgIpc) is 3.10. The molecule has 0 saturated carbocycles. The fourth-order valence-corrected chi connectivity index (χ4v) is 2.94. The highest BCUT2D eigenvalue weighted by Gasteiger charge is 2.39. The number of fused-ring (bicyclic) bond motifs is 2. The van der Waals surface area contributed by atoms with Gasteiger partial charge in [-0.05, 0) is 40.5 Å². The van der Waals surface area contributed by atoms with Crippen molar-refractivity contribution in [1.82, 2.24) is 0 Å². The van der Waals surface area contributed by atoms with E-state index in [1.807, 2.05) is 0 Å². The maximum Gasteiger partial charge on any atom is 0.416 e. The number of esters is 2. The van der Waals surface area contributed by atoms with E-state index in [1.165, 1.54) is 0 Å². The van der Waals surface area contributed by atoms with Crippen molar-refractivity contribution in [1.29, 1.82) is 0 Å². The van der Waals surface area contributed by atoms with Gasteiger partial charge in [0.25, 0.3) is 0 Å². The molecule has 0 saturated heterocycles. The van der Waals surface area contributed by atoms with E-state index in [9.17, 15) is 22.8 Å². The molecule has 2 heterocycles. The Labute approximate surface area is 133 Å². The maximum absolute atomic E-state index is 13.1. The summed E-state index contributed by atoms with van der Waals surface area (Å²) in [7, 11) is 0. The smallest absolute Gasteiger partial charge is 0.386 e. The van der Waals surface area contributed by atoms with Gasteiger partial charge >= 0.3 is 18.1 Å². The van der Waals surface area contributed by atoms with Crippen molar-refractivity contribution in [2.75, 3.05) is 0 Å². The number of cyclic esters (lactones) is 2. The van der Waals surface area contributed by atoms with Crippen LogP contribution in [0.2, 0.25) is 0 Å². The molecule has 2 aliphatic rings. The monoisotopic (exact) mass is 334 g/mol. The van der Waals surface area contributed by atoms with Gasteiger partial charge in [-0.1, -0.05) is 12.1 Å². The molecule has 0 bridgehead atoms. The van der Waals surface area contributed by atoms with Crippen LogP contribution in [0.25, 0.3) is 11.1 Å². The van der Waals surface area contributed by atoms with E-state index in [-0.39, 0.29) is 16.7 Å². The van der Waals surface area contributed by atoms with Crippen molar-refractivity contribution >= 4 is 11.9 Å². The molecule has 2 aliphatic heterocycles. The van der Waals surface area contributed by atoms with Crippen LogP contribution in [0.3, 0.4) is 0 Å². The minimum Gasteiger partial charge on any atom is -0.386 e. The second kappa shape index (κ2) is 4.91. The van der Waals surface area contributed by atoms with Crippen molar-refractivity contribution in [3.05, 3.63) is 58.1 Å². The normalized spacial score (nSPS) is 16.1. The van der Waals surface area contributed by atoms with Gasteiger partial charge in [0.15, 0.2) is 0 Å². The number of ether oxygens (including phenoxy) is 2. The standard InChI is InChI=1S/C17H9F3O4/c18-17(19,20)11-4-12(14-13(5-11)15(21)24-16(14)22)8-1-2-9-6-23-7-10(9)3-8/h1-5H,6-7H2. The van der Waals surface area contributed by atoms with Crippen LogP contribution in [0.1, 0.15) is 37.4 Å². The fraction of sp³-hybridized carbons (Fsp3) is 0.176. The molecule has 0 fully saturated rings. The highest BCUT2D eigenvalue weighted by molar-refractivity contribution is 6.18. The third-order valence-electron chi connectivity index (χ3n) is 4.11. The lowest BCUT2D eigenvalue weighted by Crippen LogP contribution is -2.08. The van der Waals surface area contributed by atoms with Crippen molar-refractivity contribution < 1.29 is 32.2 Å². The SMILES string of the molecule is O=C1OC(=O)c2c1cc(C(F)(F)F)cc2-c1ccc2c(c1)COC2. The highest BCUT2D eigenvalue weighted by atomic mass is 19.4. The van der Waals surface area contributed by atoms with Crippen LogP contribution in [0.15, 0.2) is 30.3 Å². The van der Waals surface area contributed by atoms with E-state index >= 15 is 0 Å². The Balaban J connectivity index is 1.97. The third kappa shape index (κ3) is 2.20. The fourth-order valence-electron chi connectivity index (χ4n) is 2.94. The molecular weight excluding hydrogens is 325 g/mol. The molecule has 0 spiro atoms. The minimum atomic E-state index is -4.64. The Kier molecular flexibility index (Phi) is 3.05. The number of carbonyl (C=O) groups is 2. The van der Waals surface area contributed by atoms with Gasteiger partial charge in [0.05, 0.1) is 29.9 Å². The molecule has 0 aromatic heterocycles. The summed E-state index contributed by atoms with van der Waals surface area (Å²) in [6, 6.07) is 6.55. The number of rotatable bonds is 1. The van der Waals surface area contributed by atoms with Crippen molar-refractivity contribution in [2.45, 2.75) is 19.4 Å². The summed E-state index contributed by atoms with van der Waals surface area (Å²) in [5, 5.41) is 0. The molecule has 122 valence electrons. The zero-order chi connectivity index (χ0) is 17.1. The molecule has 0 unspecified atom stereocenters. The van der Waals surface area contributed by atoms with Gasteiger partial charge in [0, 0.05) is 0 Å². The van der Waals surface area contributed by atoms with Gasteiger partial charge in [-0.25, -0.2) is 9.59 Å². The summed E-state index contributed by atoms with van der Waals surface area (Å²) in [5.74, 6) is -2.00. The number of hydrogen-bond acceptors (Lipinski definition) is 4. The molecule has 7 heteroatoms. The zero-order valence-electron chi connectivity index (χ0n) is 12.1. The molecule has 2 aromatic rings. The molecule has 2 aromatic carbocycles. The molecular formula is C17H9F3O4. The van der Waals surface area contributed by atoms with E-state index in [1.54, 1.807) is 18.2 Å². The topological polar surface area (TPSA) is 52.6 Å². The second-order valence-corrected chi connectivity index (χ2v) is 5.60. The molecule has 0 aliphatic carbocycles. The van der Waals surface area contributed by atoms with Crippen LogP contribution < -0.4 is 0 Å². The third-order valence-corrected chi connectivity index (χ3v) is 4.11. The Morgan fingerprint density at radius 3 is 2.33 bits per heavy atom. The largest absolute Gasteiger partial charge is 0.416 e. The Hall–Kier alpha value is -2.67. The van der Waals surface area contributed by atoms with Gasteiger partial charge in [-0.2, -0.15) is 13.2 Å². The Bertz CT molecular complexity index is 899. The number of alkyl halides is 3. The highest BCUT2D eigenvalue weighted by Crippen LogP contribution is 2.39. The van der Waals surface area contributed by atoms with E-state index < -0.39 is 23.7 Å². The molecule has 0 radical (unpaired) electrons. The van der Waals surface area contributed by atoms with Gasteiger partial charge < -0.3 is 9.47 Å². The first kappa shape index (κ1) is 14.9.